The Kier molecular flexibility index (Phi) is 8.74. The Balaban J connectivity index is 1.12. The van der Waals surface area contributed by atoms with Crippen LogP contribution in [0.1, 0.15) is 86.5 Å². The molecule has 13 heteroatoms. The molecule has 0 bridgehead atoms. The standard InChI is InChI=1S/C38H46N2O10S/c1-19-16-26(48-33(45)20(19)2)21(3)24-17-29(47-22(4)41)37(46)25-18-30-38(50-30)28(11-10-27(42)36(38,6)23(25)12-13-35(24,37)5)49-32(44)9-7-8-31(43)40-34-39-14-15-51-34/h10-11,14-15,17,21,23,25-26,28-30,46H,7-9,12-13,16,18H2,1-6H3,(H,39,40,43)/t21-,23-,25+,26+,28-,29-,30+,35+,36-,37+,38+/m0/s1. The van der Waals surface area contributed by atoms with E-state index in [2.05, 4.69) is 10.3 Å². The van der Waals surface area contributed by atoms with Crippen molar-refractivity contribution in [2.24, 2.45) is 28.6 Å². The van der Waals surface area contributed by atoms with Gasteiger partial charge in [-0.3, -0.25) is 19.2 Å². The number of carbonyl (C=O) groups is 5. The lowest BCUT2D eigenvalue weighted by Crippen LogP contribution is -2.70. The SMILES string of the molecule is CC(=O)O[C@H]1C=C([C@H](C)[C@H]2CC(C)=C(C)C(=O)O2)[C@@]2(C)CC[C@H]3[C@@H](C[C@H]4O[C@]45[C@@H](OC(=O)CCCC(=O)Nc4nccs4)C=CC(=O)[C@]35C)[C@@]12O. The van der Waals surface area contributed by atoms with Gasteiger partial charge in [0.2, 0.25) is 5.91 Å². The third-order valence-electron chi connectivity index (χ3n) is 13.2. The maximum atomic E-state index is 14.1. The zero-order valence-electron chi connectivity index (χ0n) is 29.9. The summed E-state index contributed by atoms with van der Waals surface area (Å²) in [6.45, 7) is 10.8. The van der Waals surface area contributed by atoms with Crippen molar-refractivity contribution < 1.29 is 48.0 Å². The molecule has 0 unspecified atom stereocenters. The van der Waals surface area contributed by atoms with Gasteiger partial charge in [-0.05, 0) is 76.5 Å². The van der Waals surface area contributed by atoms with Gasteiger partial charge in [0.25, 0.3) is 0 Å². The molecule has 1 amide bonds. The van der Waals surface area contributed by atoms with E-state index in [1.165, 1.54) is 24.3 Å². The Bertz CT molecular complexity index is 1770. The van der Waals surface area contributed by atoms with Gasteiger partial charge in [0.15, 0.2) is 17.0 Å². The lowest BCUT2D eigenvalue weighted by atomic mass is 9.42. The van der Waals surface area contributed by atoms with Gasteiger partial charge >= 0.3 is 17.9 Å². The number of ketones is 1. The second-order valence-electron chi connectivity index (χ2n) is 15.6. The van der Waals surface area contributed by atoms with Gasteiger partial charge in [0, 0.05) is 54.7 Å². The average Bonchev–Trinajstić information content (AvgIpc) is 3.49. The molecule has 3 heterocycles. The van der Waals surface area contributed by atoms with Crippen molar-refractivity contribution in [3.05, 3.63) is 46.5 Å². The predicted molar refractivity (Wildman–Crippen MR) is 184 cm³/mol. The average molecular weight is 723 g/mol. The van der Waals surface area contributed by atoms with Crippen LogP contribution in [-0.4, -0.2) is 75.3 Å². The molecule has 0 radical (unpaired) electrons. The Morgan fingerprint density at radius 1 is 1.14 bits per heavy atom. The van der Waals surface area contributed by atoms with E-state index in [1.807, 2.05) is 33.8 Å². The van der Waals surface area contributed by atoms with Crippen LogP contribution in [0.3, 0.4) is 0 Å². The van der Waals surface area contributed by atoms with Crippen LogP contribution in [0, 0.1) is 28.6 Å². The van der Waals surface area contributed by atoms with Crippen LogP contribution in [0.2, 0.25) is 0 Å². The third-order valence-corrected chi connectivity index (χ3v) is 13.9. The highest BCUT2D eigenvalue weighted by Gasteiger charge is 2.83. The Labute approximate surface area is 301 Å². The Morgan fingerprint density at radius 2 is 1.90 bits per heavy atom. The zero-order valence-corrected chi connectivity index (χ0v) is 30.7. The summed E-state index contributed by atoms with van der Waals surface area (Å²) in [5, 5.41) is 18.1. The first-order valence-corrected chi connectivity index (χ1v) is 18.7. The van der Waals surface area contributed by atoms with Gasteiger partial charge in [-0.15, -0.1) is 11.3 Å². The van der Waals surface area contributed by atoms with E-state index in [0.717, 1.165) is 11.1 Å². The minimum absolute atomic E-state index is 0.00703. The normalized spacial score (nSPS) is 39.8. The number of nitrogens with one attached hydrogen (secondary N) is 1. The zero-order chi connectivity index (χ0) is 36.7. The monoisotopic (exact) mass is 722 g/mol. The summed E-state index contributed by atoms with van der Waals surface area (Å²) in [6.07, 6.45) is 6.11. The van der Waals surface area contributed by atoms with Crippen LogP contribution in [0.4, 0.5) is 5.13 Å². The molecule has 12 nitrogen and oxygen atoms in total. The number of nitrogens with zero attached hydrogens (tertiary/aromatic N) is 1. The number of hydrogen-bond donors (Lipinski definition) is 2. The summed E-state index contributed by atoms with van der Waals surface area (Å²) in [5.74, 6) is -2.96. The number of cyclic esters (lactones) is 1. The van der Waals surface area contributed by atoms with Crippen molar-refractivity contribution in [1.82, 2.24) is 4.98 Å². The third kappa shape index (κ3) is 5.28. The van der Waals surface area contributed by atoms with Gasteiger partial charge < -0.3 is 29.4 Å². The highest BCUT2D eigenvalue weighted by molar-refractivity contribution is 7.13. The summed E-state index contributed by atoms with van der Waals surface area (Å²) < 4.78 is 24.3. The Morgan fingerprint density at radius 3 is 2.59 bits per heavy atom. The molecule has 274 valence electrons. The first-order valence-electron chi connectivity index (χ1n) is 17.9. The van der Waals surface area contributed by atoms with E-state index in [0.29, 0.717) is 36.4 Å². The Hall–Kier alpha value is -3.68. The molecule has 51 heavy (non-hydrogen) atoms. The number of hydrogen-bond acceptors (Lipinski definition) is 12. The highest BCUT2D eigenvalue weighted by Crippen LogP contribution is 2.74. The lowest BCUT2D eigenvalue weighted by molar-refractivity contribution is -0.225. The number of esters is 3. The summed E-state index contributed by atoms with van der Waals surface area (Å²) in [7, 11) is 0. The van der Waals surface area contributed by atoms with E-state index < -0.39 is 64.3 Å². The molecular formula is C38H46N2O10S. The molecule has 1 spiro atoms. The van der Waals surface area contributed by atoms with Crippen LogP contribution >= 0.6 is 11.3 Å². The molecule has 3 fully saturated rings. The molecule has 1 aromatic heterocycles. The summed E-state index contributed by atoms with van der Waals surface area (Å²) >= 11 is 1.31. The van der Waals surface area contributed by atoms with E-state index in [-0.39, 0.29) is 48.8 Å². The van der Waals surface area contributed by atoms with Gasteiger partial charge in [0.1, 0.15) is 23.4 Å². The number of carbonyl (C=O) groups excluding carboxylic acids is 5. The van der Waals surface area contributed by atoms with Crippen molar-refractivity contribution in [2.75, 3.05) is 5.32 Å². The molecule has 6 aliphatic rings. The molecule has 4 aliphatic carbocycles. The van der Waals surface area contributed by atoms with Crippen molar-refractivity contribution in [3.63, 3.8) is 0 Å². The molecule has 0 aromatic carbocycles. The minimum Gasteiger partial charge on any atom is -0.458 e. The van der Waals surface area contributed by atoms with E-state index in [1.54, 1.807) is 24.6 Å². The molecule has 2 aliphatic heterocycles. The fraction of sp³-hybridized carbons (Fsp3) is 0.632. The number of aliphatic hydroxyl groups is 1. The number of aromatic nitrogens is 1. The van der Waals surface area contributed by atoms with Crippen molar-refractivity contribution in [2.45, 2.75) is 122 Å². The first-order chi connectivity index (χ1) is 24.1. The largest absolute Gasteiger partial charge is 0.458 e. The molecule has 2 saturated carbocycles. The second kappa shape index (κ2) is 12.5. The molecule has 1 saturated heterocycles. The quantitative estimate of drug-likeness (QED) is 0.156. The summed E-state index contributed by atoms with van der Waals surface area (Å²) in [6, 6.07) is 0. The van der Waals surface area contributed by atoms with E-state index in [4.69, 9.17) is 18.9 Å². The molecule has 1 aromatic rings. The maximum absolute atomic E-state index is 14.1. The summed E-state index contributed by atoms with van der Waals surface area (Å²) in [4.78, 5) is 68.7. The van der Waals surface area contributed by atoms with E-state index in [9.17, 15) is 29.1 Å². The number of anilines is 1. The molecular weight excluding hydrogens is 676 g/mol. The number of thiazole rings is 1. The molecule has 11 atom stereocenters. The van der Waals surface area contributed by atoms with Crippen molar-refractivity contribution in [1.29, 1.82) is 0 Å². The van der Waals surface area contributed by atoms with Crippen molar-refractivity contribution >= 4 is 46.1 Å². The van der Waals surface area contributed by atoms with Crippen LogP contribution < -0.4 is 5.32 Å². The van der Waals surface area contributed by atoms with Crippen LogP contribution in [-0.2, 0) is 42.9 Å². The molecule has 7 rings (SSSR count). The number of rotatable bonds is 9. The van der Waals surface area contributed by atoms with Gasteiger partial charge in [-0.2, -0.15) is 0 Å². The molecule has 2 N–H and O–H groups in total. The number of amides is 1. The fourth-order valence-corrected chi connectivity index (χ4v) is 10.9. The van der Waals surface area contributed by atoms with Crippen LogP contribution in [0.5, 0.6) is 0 Å². The minimum atomic E-state index is -1.58. The van der Waals surface area contributed by atoms with Gasteiger partial charge in [-0.1, -0.05) is 25.0 Å². The second-order valence-corrected chi connectivity index (χ2v) is 16.5. The summed E-state index contributed by atoms with van der Waals surface area (Å²) in [5.41, 5.74) is -2.24. The number of allylic oxidation sites excluding steroid dienone is 1. The number of fused-ring (bicyclic) bond motifs is 4. The smallest absolute Gasteiger partial charge is 0.333 e. The highest BCUT2D eigenvalue weighted by atomic mass is 32.1. The topological polar surface area (TPSA) is 171 Å². The number of epoxide rings is 1. The lowest BCUT2D eigenvalue weighted by Gasteiger charge is -2.61. The number of ether oxygens (including phenoxy) is 4. The first kappa shape index (κ1) is 35.7. The van der Waals surface area contributed by atoms with Gasteiger partial charge in [0.05, 0.1) is 11.5 Å². The van der Waals surface area contributed by atoms with Gasteiger partial charge in [-0.25, -0.2) is 9.78 Å². The fourth-order valence-electron chi connectivity index (χ4n) is 10.3. The van der Waals surface area contributed by atoms with Crippen molar-refractivity contribution in [3.8, 4) is 0 Å². The van der Waals surface area contributed by atoms with Crippen LogP contribution in [0.25, 0.3) is 0 Å². The predicted octanol–water partition coefficient (Wildman–Crippen LogP) is 4.77. The van der Waals surface area contributed by atoms with E-state index >= 15 is 0 Å². The van der Waals surface area contributed by atoms with Crippen LogP contribution in [0.15, 0.2) is 46.5 Å². The maximum Gasteiger partial charge on any atom is 0.333 e.